The van der Waals surface area contributed by atoms with Gasteiger partial charge >= 0.3 is 0 Å². The predicted octanol–water partition coefficient (Wildman–Crippen LogP) is 4.97. The van der Waals surface area contributed by atoms with Crippen LogP contribution in [0.15, 0.2) is 77.3 Å². The molecule has 0 spiro atoms. The van der Waals surface area contributed by atoms with Crippen molar-refractivity contribution < 1.29 is 14.1 Å². The first-order valence-electron chi connectivity index (χ1n) is 10.4. The van der Waals surface area contributed by atoms with Crippen molar-refractivity contribution >= 4 is 28.2 Å². The fourth-order valence-corrected chi connectivity index (χ4v) is 3.99. The van der Waals surface area contributed by atoms with Gasteiger partial charge in [-0.3, -0.25) is 4.79 Å². The first-order valence-corrected chi connectivity index (χ1v) is 10.4. The maximum absolute atomic E-state index is 12.9. The molecule has 1 saturated heterocycles. The largest absolute Gasteiger partial charge is 0.380 e. The first-order chi connectivity index (χ1) is 15.2. The van der Waals surface area contributed by atoms with E-state index in [4.69, 9.17) is 9.26 Å². The average Bonchev–Trinajstić information content (AvgIpc) is 3.47. The second-order valence-electron chi connectivity index (χ2n) is 7.70. The highest BCUT2D eigenvalue weighted by atomic mass is 16.5. The van der Waals surface area contributed by atoms with Gasteiger partial charge in [0.1, 0.15) is 5.52 Å². The summed E-state index contributed by atoms with van der Waals surface area (Å²) in [6.45, 7) is 1.87. The zero-order valence-corrected chi connectivity index (χ0v) is 17.2. The molecule has 1 fully saturated rings. The molecule has 1 unspecified atom stereocenters. The summed E-state index contributed by atoms with van der Waals surface area (Å²) >= 11 is 0. The molecule has 0 aliphatic carbocycles. The fourth-order valence-electron chi connectivity index (χ4n) is 3.99. The molecule has 1 N–H and O–H groups in total. The summed E-state index contributed by atoms with van der Waals surface area (Å²) < 4.78 is 11.0. The van der Waals surface area contributed by atoms with Crippen molar-refractivity contribution in [3.8, 4) is 11.3 Å². The molecule has 0 bridgehead atoms. The maximum Gasteiger partial charge on any atom is 0.255 e. The Kier molecular flexibility index (Phi) is 5.14. The molecule has 156 valence electrons. The number of amides is 1. The van der Waals surface area contributed by atoms with Gasteiger partial charge in [-0.15, -0.1) is 0 Å². The van der Waals surface area contributed by atoms with Crippen molar-refractivity contribution in [2.24, 2.45) is 0 Å². The van der Waals surface area contributed by atoms with Crippen molar-refractivity contribution in [2.45, 2.75) is 12.5 Å². The van der Waals surface area contributed by atoms with Gasteiger partial charge in [0, 0.05) is 42.7 Å². The predicted molar refractivity (Wildman–Crippen MR) is 121 cm³/mol. The number of benzene rings is 3. The minimum absolute atomic E-state index is 0.171. The number of carbonyl (C=O) groups excluding carboxylic acids is 1. The van der Waals surface area contributed by atoms with E-state index in [2.05, 4.69) is 15.4 Å². The van der Waals surface area contributed by atoms with E-state index < -0.39 is 0 Å². The fraction of sp³-hybridized carbons (Fsp3) is 0.200. The highest BCUT2D eigenvalue weighted by Gasteiger charge is 2.22. The van der Waals surface area contributed by atoms with E-state index in [1.807, 2.05) is 66.7 Å². The molecular formula is C25H23N3O3. The zero-order chi connectivity index (χ0) is 21.2. The number of methoxy groups -OCH3 is 1. The second-order valence-corrected chi connectivity index (χ2v) is 7.70. The highest BCUT2D eigenvalue weighted by molar-refractivity contribution is 6.07. The van der Waals surface area contributed by atoms with Crippen molar-refractivity contribution in [3.05, 3.63) is 78.4 Å². The number of fused-ring (bicyclic) bond motifs is 1. The summed E-state index contributed by atoms with van der Waals surface area (Å²) in [6, 6.07) is 23.1. The third-order valence-corrected chi connectivity index (χ3v) is 5.74. The van der Waals surface area contributed by atoms with Gasteiger partial charge in [-0.1, -0.05) is 35.5 Å². The molecule has 6 nitrogen and oxygen atoms in total. The quantitative estimate of drug-likeness (QED) is 0.500. The standard InChI is InChI=1S/C25H23N3O3/c1-30-21-13-14-28(16-21)20-10-8-19(9-11-20)26-25(29)18-7-12-23-22(15-18)24(31-27-23)17-5-3-2-4-6-17/h2-12,15,21H,13-14,16H2,1H3,(H,26,29). The smallest absolute Gasteiger partial charge is 0.255 e. The van der Waals surface area contributed by atoms with Crippen LogP contribution in [0.4, 0.5) is 11.4 Å². The van der Waals surface area contributed by atoms with Crippen LogP contribution in [0.1, 0.15) is 16.8 Å². The van der Waals surface area contributed by atoms with Crippen molar-refractivity contribution in [2.75, 3.05) is 30.4 Å². The van der Waals surface area contributed by atoms with E-state index >= 15 is 0 Å². The van der Waals surface area contributed by atoms with Crippen LogP contribution in [0, 0.1) is 0 Å². The van der Waals surface area contributed by atoms with Gasteiger partial charge in [-0.2, -0.15) is 0 Å². The topological polar surface area (TPSA) is 67.6 Å². The molecule has 0 radical (unpaired) electrons. The van der Waals surface area contributed by atoms with Gasteiger partial charge in [0.05, 0.1) is 11.5 Å². The lowest BCUT2D eigenvalue weighted by Gasteiger charge is -2.18. The van der Waals surface area contributed by atoms with E-state index in [0.717, 1.165) is 47.4 Å². The molecule has 0 saturated carbocycles. The minimum atomic E-state index is -0.171. The molecule has 6 heteroatoms. The maximum atomic E-state index is 12.9. The molecule has 31 heavy (non-hydrogen) atoms. The Labute approximate surface area is 180 Å². The number of rotatable bonds is 5. The van der Waals surface area contributed by atoms with E-state index in [1.54, 1.807) is 13.2 Å². The summed E-state index contributed by atoms with van der Waals surface area (Å²) in [5.74, 6) is 0.491. The highest BCUT2D eigenvalue weighted by Crippen LogP contribution is 2.29. The molecular weight excluding hydrogens is 390 g/mol. The molecule has 1 aliphatic heterocycles. The van der Waals surface area contributed by atoms with Gasteiger partial charge in [0.15, 0.2) is 5.76 Å². The molecule has 1 aliphatic rings. The lowest BCUT2D eigenvalue weighted by Crippen LogP contribution is -2.22. The summed E-state index contributed by atoms with van der Waals surface area (Å²) in [7, 11) is 1.76. The number of hydrogen-bond donors (Lipinski definition) is 1. The summed E-state index contributed by atoms with van der Waals surface area (Å²) in [5.41, 5.74) is 4.09. The molecule has 4 aromatic rings. The third kappa shape index (κ3) is 3.90. The van der Waals surface area contributed by atoms with Gasteiger partial charge in [0.2, 0.25) is 0 Å². The van der Waals surface area contributed by atoms with Gasteiger partial charge < -0.3 is 19.5 Å². The average molecular weight is 413 g/mol. The lowest BCUT2D eigenvalue weighted by atomic mass is 10.1. The Morgan fingerprint density at radius 3 is 2.65 bits per heavy atom. The van der Waals surface area contributed by atoms with Crippen LogP contribution >= 0.6 is 0 Å². The first kappa shape index (κ1) is 19.3. The normalized spacial score (nSPS) is 16.0. The van der Waals surface area contributed by atoms with Crippen LogP contribution in [0.2, 0.25) is 0 Å². The molecule has 1 aromatic heterocycles. The van der Waals surface area contributed by atoms with Gasteiger partial charge in [-0.05, 0) is 48.9 Å². The number of anilines is 2. The number of aromatic nitrogens is 1. The summed E-state index contributed by atoms with van der Waals surface area (Å²) in [4.78, 5) is 15.2. The van der Waals surface area contributed by atoms with Crippen molar-refractivity contribution in [3.63, 3.8) is 0 Å². The number of carbonyl (C=O) groups is 1. The Morgan fingerprint density at radius 1 is 1.10 bits per heavy atom. The van der Waals surface area contributed by atoms with Gasteiger partial charge in [-0.25, -0.2) is 0 Å². The number of nitrogens with one attached hydrogen (secondary N) is 1. The Hall–Kier alpha value is -3.64. The minimum Gasteiger partial charge on any atom is -0.380 e. The number of nitrogens with zero attached hydrogens (tertiary/aromatic N) is 2. The van der Waals surface area contributed by atoms with Crippen LogP contribution in [0.5, 0.6) is 0 Å². The lowest BCUT2D eigenvalue weighted by molar-refractivity contribution is 0.102. The molecule has 3 aromatic carbocycles. The Balaban J connectivity index is 1.33. The molecule has 5 rings (SSSR count). The molecule has 1 atom stereocenters. The van der Waals surface area contributed by atoms with Crippen LogP contribution in [0.25, 0.3) is 22.2 Å². The second kappa shape index (κ2) is 8.24. The number of ether oxygens (including phenoxy) is 1. The van der Waals surface area contributed by atoms with E-state index in [-0.39, 0.29) is 12.0 Å². The van der Waals surface area contributed by atoms with Crippen molar-refractivity contribution in [1.82, 2.24) is 5.16 Å². The monoisotopic (exact) mass is 413 g/mol. The zero-order valence-electron chi connectivity index (χ0n) is 17.2. The van der Waals surface area contributed by atoms with Crippen LogP contribution in [0.3, 0.4) is 0 Å². The molecule has 2 heterocycles. The summed E-state index contributed by atoms with van der Waals surface area (Å²) in [6.07, 6.45) is 1.32. The Morgan fingerprint density at radius 2 is 1.90 bits per heavy atom. The van der Waals surface area contributed by atoms with Crippen LogP contribution < -0.4 is 10.2 Å². The number of hydrogen-bond acceptors (Lipinski definition) is 5. The molecule has 1 amide bonds. The van der Waals surface area contributed by atoms with Crippen LogP contribution in [-0.2, 0) is 4.74 Å². The van der Waals surface area contributed by atoms with E-state index in [9.17, 15) is 4.79 Å². The summed E-state index contributed by atoms with van der Waals surface area (Å²) in [5, 5.41) is 7.91. The van der Waals surface area contributed by atoms with Gasteiger partial charge in [0.25, 0.3) is 5.91 Å². The third-order valence-electron chi connectivity index (χ3n) is 5.74. The van der Waals surface area contributed by atoms with Crippen molar-refractivity contribution in [1.29, 1.82) is 0 Å². The Bertz CT molecular complexity index is 1200. The van der Waals surface area contributed by atoms with E-state index in [1.165, 1.54) is 0 Å². The SMILES string of the molecule is COC1CCN(c2ccc(NC(=O)c3ccc4noc(-c5ccccc5)c4c3)cc2)C1. The van der Waals surface area contributed by atoms with E-state index in [0.29, 0.717) is 11.3 Å². The van der Waals surface area contributed by atoms with Crippen LogP contribution in [-0.4, -0.2) is 37.4 Å².